The lowest BCUT2D eigenvalue weighted by Gasteiger charge is -2.24. The quantitative estimate of drug-likeness (QED) is 0.618. The highest BCUT2D eigenvalue weighted by Gasteiger charge is 2.32. The Bertz CT molecular complexity index is 895. The number of imide groups is 1. The van der Waals surface area contributed by atoms with Crippen molar-refractivity contribution in [3.8, 4) is 0 Å². The van der Waals surface area contributed by atoms with Crippen molar-refractivity contribution in [1.82, 2.24) is 9.88 Å². The lowest BCUT2D eigenvalue weighted by molar-refractivity contribution is -0.135. The third-order valence-corrected chi connectivity index (χ3v) is 4.83. The number of aromatic nitrogens is 1. The molecule has 0 radical (unpaired) electrons. The van der Waals surface area contributed by atoms with E-state index in [9.17, 15) is 14.7 Å². The second-order valence-electron chi connectivity index (χ2n) is 6.35. The van der Waals surface area contributed by atoms with Crippen molar-refractivity contribution in [3.63, 3.8) is 0 Å². The number of fused-ring (bicyclic) bond motifs is 1. The van der Waals surface area contributed by atoms with Crippen molar-refractivity contribution >= 4 is 40.8 Å². The van der Waals surface area contributed by atoms with E-state index in [1.807, 2.05) is 41.8 Å². The summed E-state index contributed by atoms with van der Waals surface area (Å²) in [5.74, 6) is 0.0794. The Hall–Kier alpha value is -2.73. The van der Waals surface area contributed by atoms with Crippen molar-refractivity contribution in [2.45, 2.75) is 38.6 Å². The minimum Gasteiger partial charge on any atom is -0.396 e. The van der Waals surface area contributed by atoms with Crippen LogP contribution in [-0.2, 0) is 9.59 Å². The molecule has 1 saturated heterocycles. The Kier molecular flexibility index (Phi) is 5.32. The molecule has 1 aromatic carbocycles. The van der Waals surface area contributed by atoms with Gasteiger partial charge in [0, 0.05) is 24.0 Å². The predicted molar refractivity (Wildman–Crippen MR) is 103 cm³/mol. The highest BCUT2D eigenvalue weighted by atomic mass is 16.3. The van der Waals surface area contributed by atoms with Crippen LogP contribution in [0.5, 0.6) is 0 Å². The van der Waals surface area contributed by atoms with Gasteiger partial charge in [-0.1, -0.05) is 24.3 Å². The Balaban J connectivity index is 2.22. The van der Waals surface area contributed by atoms with Gasteiger partial charge in [0.2, 0.25) is 11.8 Å². The molecule has 2 amide bonds. The molecule has 2 N–H and O–H groups in total. The fourth-order valence-corrected chi connectivity index (χ4v) is 3.65. The molecule has 1 aromatic heterocycles. The maximum Gasteiger partial charge on any atom is 0.249 e. The minimum atomic E-state index is -0.497. The van der Waals surface area contributed by atoms with Crippen LogP contribution in [0.15, 0.2) is 35.3 Å². The van der Waals surface area contributed by atoms with Gasteiger partial charge in [-0.2, -0.15) is 0 Å². The number of hydrogen-bond acceptors (Lipinski definition) is 4. The monoisotopic (exact) mass is 353 g/mol. The van der Waals surface area contributed by atoms with Crippen LogP contribution in [0.25, 0.3) is 16.5 Å². The highest BCUT2D eigenvalue weighted by molar-refractivity contribution is 6.03. The largest absolute Gasteiger partial charge is 0.396 e. The summed E-state index contributed by atoms with van der Waals surface area (Å²) in [6.07, 6.45) is 4.11. The molecule has 1 fully saturated rings. The lowest BCUT2D eigenvalue weighted by atomic mass is 9.99. The molecule has 0 saturated carbocycles. The summed E-state index contributed by atoms with van der Waals surface area (Å²) in [4.78, 5) is 28.3. The lowest BCUT2D eigenvalue weighted by Crippen LogP contribution is -2.41. The summed E-state index contributed by atoms with van der Waals surface area (Å²) in [7, 11) is 0. The summed E-state index contributed by atoms with van der Waals surface area (Å²) >= 11 is 0. The first-order valence-corrected chi connectivity index (χ1v) is 8.82. The number of nitrogens with zero attached hydrogens (tertiary/aromatic N) is 2. The SMILES string of the molecule is C=Nc1c(/C(=C\C)CCCO)c2ccccc2n1C1CCC(=O)NC1=O. The van der Waals surface area contributed by atoms with Crippen molar-refractivity contribution in [2.75, 3.05) is 6.61 Å². The maximum absolute atomic E-state index is 12.5. The Morgan fingerprint density at radius 2 is 2.19 bits per heavy atom. The topological polar surface area (TPSA) is 83.7 Å². The molecule has 0 bridgehead atoms. The number of allylic oxidation sites excluding steroid dienone is 2. The van der Waals surface area contributed by atoms with Crippen molar-refractivity contribution in [3.05, 3.63) is 35.9 Å². The van der Waals surface area contributed by atoms with E-state index in [4.69, 9.17) is 0 Å². The van der Waals surface area contributed by atoms with Gasteiger partial charge in [-0.05, 0) is 44.5 Å². The van der Waals surface area contributed by atoms with E-state index in [-0.39, 0.29) is 18.4 Å². The molecule has 6 nitrogen and oxygen atoms in total. The molecule has 1 atom stereocenters. The van der Waals surface area contributed by atoms with Crippen LogP contribution >= 0.6 is 0 Å². The first-order chi connectivity index (χ1) is 12.6. The van der Waals surface area contributed by atoms with Crippen LogP contribution in [0, 0.1) is 0 Å². The second kappa shape index (κ2) is 7.66. The molecule has 1 aliphatic heterocycles. The van der Waals surface area contributed by atoms with Crippen LogP contribution in [0.1, 0.15) is 44.2 Å². The summed E-state index contributed by atoms with van der Waals surface area (Å²) < 4.78 is 1.89. The number of amides is 2. The molecule has 2 aromatic rings. The van der Waals surface area contributed by atoms with Gasteiger partial charge in [0.05, 0.1) is 5.52 Å². The molecule has 3 rings (SSSR count). The number of piperidine rings is 1. The van der Waals surface area contributed by atoms with E-state index in [1.165, 1.54) is 0 Å². The van der Waals surface area contributed by atoms with E-state index < -0.39 is 6.04 Å². The fraction of sp³-hybridized carbons (Fsp3) is 0.350. The number of nitrogens with one attached hydrogen (secondary N) is 1. The third-order valence-electron chi connectivity index (χ3n) is 4.83. The Labute approximate surface area is 152 Å². The van der Waals surface area contributed by atoms with Gasteiger partial charge < -0.3 is 9.67 Å². The standard InChI is InChI=1S/C20H23N3O3/c1-3-13(7-6-12-24)18-14-8-4-5-9-15(14)23(19(18)21-2)16-10-11-17(25)22-20(16)26/h3-5,8-9,16,24H,2,6-7,10-12H2,1H3,(H,22,25,26)/b13-3-. The fourth-order valence-electron chi connectivity index (χ4n) is 3.65. The number of carbonyl (C=O) groups excluding carboxylic acids is 2. The van der Waals surface area contributed by atoms with E-state index >= 15 is 0 Å². The summed E-state index contributed by atoms with van der Waals surface area (Å²) in [6.45, 7) is 5.80. The predicted octanol–water partition coefficient (Wildman–Crippen LogP) is 3.13. The Morgan fingerprint density at radius 3 is 2.85 bits per heavy atom. The molecular weight excluding hydrogens is 330 g/mol. The first-order valence-electron chi connectivity index (χ1n) is 8.82. The molecular formula is C20H23N3O3. The van der Waals surface area contributed by atoms with Crippen LogP contribution in [0.2, 0.25) is 0 Å². The summed E-state index contributed by atoms with van der Waals surface area (Å²) in [6, 6.07) is 7.33. The number of rotatable bonds is 6. The molecule has 1 unspecified atom stereocenters. The number of aliphatic hydroxyl groups is 1. The third kappa shape index (κ3) is 3.08. The van der Waals surface area contributed by atoms with Gasteiger partial charge in [0.1, 0.15) is 11.9 Å². The van der Waals surface area contributed by atoms with Gasteiger partial charge in [0.15, 0.2) is 0 Å². The van der Waals surface area contributed by atoms with Crippen LogP contribution in [0.4, 0.5) is 5.82 Å². The second-order valence-corrected chi connectivity index (χ2v) is 6.35. The molecule has 0 spiro atoms. The normalized spacial score (nSPS) is 18.2. The summed E-state index contributed by atoms with van der Waals surface area (Å²) in [5.41, 5.74) is 2.89. The van der Waals surface area contributed by atoms with E-state index in [2.05, 4.69) is 17.0 Å². The smallest absolute Gasteiger partial charge is 0.249 e. The molecule has 1 aliphatic rings. The average molecular weight is 353 g/mol. The van der Waals surface area contributed by atoms with Gasteiger partial charge in [-0.3, -0.25) is 14.9 Å². The number of benzene rings is 1. The van der Waals surface area contributed by atoms with E-state index in [0.29, 0.717) is 31.5 Å². The van der Waals surface area contributed by atoms with Gasteiger partial charge >= 0.3 is 0 Å². The van der Waals surface area contributed by atoms with E-state index in [1.54, 1.807) is 0 Å². The zero-order valence-corrected chi connectivity index (χ0v) is 14.9. The molecule has 6 heteroatoms. The number of carbonyl (C=O) groups is 2. The van der Waals surface area contributed by atoms with Crippen LogP contribution in [0.3, 0.4) is 0 Å². The van der Waals surface area contributed by atoms with Crippen molar-refractivity contribution < 1.29 is 14.7 Å². The molecule has 26 heavy (non-hydrogen) atoms. The zero-order chi connectivity index (χ0) is 18.7. The minimum absolute atomic E-state index is 0.111. The van der Waals surface area contributed by atoms with Gasteiger partial charge in [-0.15, -0.1) is 0 Å². The first kappa shape index (κ1) is 18.1. The number of hydrogen-bond donors (Lipinski definition) is 2. The van der Waals surface area contributed by atoms with Crippen molar-refractivity contribution in [1.29, 1.82) is 0 Å². The zero-order valence-electron chi connectivity index (χ0n) is 14.9. The average Bonchev–Trinajstić information content (AvgIpc) is 2.97. The molecule has 2 heterocycles. The van der Waals surface area contributed by atoms with Gasteiger partial charge in [-0.25, -0.2) is 4.99 Å². The highest BCUT2D eigenvalue weighted by Crippen LogP contribution is 2.42. The maximum atomic E-state index is 12.5. The van der Waals surface area contributed by atoms with E-state index in [0.717, 1.165) is 22.0 Å². The molecule has 0 aliphatic carbocycles. The number of para-hydroxylation sites is 1. The van der Waals surface area contributed by atoms with Gasteiger partial charge in [0.25, 0.3) is 0 Å². The van der Waals surface area contributed by atoms with Crippen LogP contribution < -0.4 is 5.32 Å². The summed E-state index contributed by atoms with van der Waals surface area (Å²) in [5, 5.41) is 12.6. The molecule has 136 valence electrons. The van der Waals surface area contributed by atoms with Crippen LogP contribution in [-0.4, -0.2) is 34.8 Å². The van der Waals surface area contributed by atoms with Crippen molar-refractivity contribution in [2.24, 2.45) is 4.99 Å². The number of aliphatic hydroxyl groups excluding tert-OH is 1. The number of aliphatic imine (C=N–C) groups is 1. The Morgan fingerprint density at radius 1 is 1.42 bits per heavy atom.